The van der Waals surface area contributed by atoms with Crippen molar-refractivity contribution in [1.82, 2.24) is 5.09 Å². The van der Waals surface area contributed by atoms with E-state index >= 15 is 0 Å². The number of rotatable bonds is 9. The fraction of sp³-hybridized carbons (Fsp3) is 0.278. The van der Waals surface area contributed by atoms with Crippen LogP contribution in [0, 0.1) is 29.1 Å². The largest absolute Gasteiger partial charge is 0.513 e. The van der Waals surface area contributed by atoms with Crippen LogP contribution in [0.2, 0.25) is 0 Å². The van der Waals surface area contributed by atoms with E-state index in [0.717, 1.165) is 0 Å². The number of nitrogens with one attached hydrogen (secondary N) is 1. The van der Waals surface area contributed by atoms with E-state index in [1.165, 1.54) is 31.2 Å². The summed E-state index contributed by atoms with van der Waals surface area (Å²) in [6, 6.07) is 5.67. The molecule has 0 aliphatic carbocycles. The predicted octanol–water partition coefficient (Wildman–Crippen LogP) is 4.88. The highest BCUT2D eigenvalue weighted by molar-refractivity contribution is 7.52. The average Bonchev–Trinajstić information content (AvgIpc) is 2.72. The smallest absolute Gasteiger partial charge is 0.465 e. The molecule has 0 heterocycles. The van der Waals surface area contributed by atoms with Gasteiger partial charge < -0.3 is 13.8 Å². The second-order valence-electron chi connectivity index (χ2n) is 5.91. The van der Waals surface area contributed by atoms with Gasteiger partial charge in [0.2, 0.25) is 34.8 Å². The van der Waals surface area contributed by atoms with Crippen molar-refractivity contribution in [2.24, 2.45) is 0 Å². The predicted molar refractivity (Wildman–Crippen MR) is 95.4 cm³/mol. The summed E-state index contributed by atoms with van der Waals surface area (Å²) in [4.78, 5) is 11.9. The van der Waals surface area contributed by atoms with Gasteiger partial charge in [0.25, 0.3) is 0 Å². The van der Waals surface area contributed by atoms with Crippen molar-refractivity contribution >= 4 is 13.7 Å². The lowest BCUT2D eigenvalue weighted by Gasteiger charge is -2.23. The van der Waals surface area contributed by atoms with E-state index in [2.05, 4.69) is 9.61 Å². The van der Waals surface area contributed by atoms with E-state index in [1.807, 2.05) is 0 Å². The third-order valence-corrected chi connectivity index (χ3v) is 5.08. The van der Waals surface area contributed by atoms with Crippen LogP contribution >= 0.6 is 7.75 Å². The van der Waals surface area contributed by atoms with E-state index in [4.69, 9.17) is 9.26 Å². The molecule has 0 amide bonds. The second kappa shape index (κ2) is 9.90. The Kier molecular flexibility index (Phi) is 7.80. The molecule has 0 aromatic heterocycles. The monoisotopic (exact) mass is 453 g/mol. The van der Waals surface area contributed by atoms with Crippen molar-refractivity contribution in [3.8, 4) is 11.5 Å². The van der Waals surface area contributed by atoms with Crippen LogP contribution in [-0.4, -0.2) is 18.6 Å². The summed E-state index contributed by atoms with van der Waals surface area (Å²) in [6.07, 6.45) is 0.484. The lowest BCUT2D eigenvalue weighted by Crippen LogP contribution is -2.36. The molecule has 0 saturated carbocycles. The quantitative estimate of drug-likeness (QED) is 0.192. The van der Waals surface area contributed by atoms with Gasteiger partial charge in [-0.3, -0.25) is 4.79 Å². The minimum absolute atomic E-state index is 0.0349. The minimum atomic E-state index is -4.90. The van der Waals surface area contributed by atoms with E-state index < -0.39 is 54.6 Å². The number of carbonyl (C=O) groups is 1. The first-order chi connectivity index (χ1) is 14.1. The number of hydrogen-bond acceptors (Lipinski definition) is 5. The van der Waals surface area contributed by atoms with Gasteiger partial charge in [0, 0.05) is 0 Å². The Hall–Kier alpha value is -2.65. The molecule has 0 radical (unpaired) electrons. The Morgan fingerprint density at radius 3 is 2.03 bits per heavy atom. The number of carbonyl (C=O) groups excluding carboxylic acids is 1. The molecule has 2 unspecified atom stereocenters. The van der Waals surface area contributed by atoms with Gasteiger partial charge in [-0.2, -0.15) is 13.9 Å². The van der Waals surface area contributed by atoms with Crippen LogP contribution in [0.5, 0.6) is 11.5 Å². The first kappa shape index (κ1) is 23.6. The van der Waals surface area contributed by atoms with Gasteiger partial charge in [-0.05, 0) is 25.5 Å². The highest BCUT2D eigenvalue weighted by atomic mass is 31.2. The maximum Gasteiger partial charge on any atom is 0.513 e. The minimum Gasteiger partial charge on any atom is -0.465 e. The first-order valence-corrected chi connectivity index (χ1v) is 10.1. The zero-order valence-corrected chi connectivity index (χ0v) is 16.7. The number of esters is 1. The van der Waals surface area contributed by atoms with Gasteiger partial charge in [-0.15, -0.1) is 0 Å². The molecule has 0 bridgehead atoms. The summed E-state index contributed by atoms with van der Waals surface area (Å²) in [7, 11) is -4.90. The molecule has 6 nitrogen and oxygen atoms in total. The van der Waals surface area contributed by atoms with E-state index in [-0.39, 0.29) is 12.4 Å². The topological polar surface area (TPSA) is 73.9 Å². The number of ether oxygens (including phenoxy) is 1. The molecule has 0 fully saturated rings. The summed E-state index contributed by atoms with van der Waals surface area (Å²) in [5.41, 5.74) is 0. The molecule has 2 aromatic rings. The number of halogens is 5. The van der Waals surface area contributed by atoms with Crippen LogP contribution in [0.4, 0.5) is 22.0 Å². The summed E-state index contributed by atoms with van der Waals surface area (Å²) in [6.45, 7) is 2.94. The fourth-order valence-corrected chi connectivity index (χ4v) is 3.62. The Morgan fingerprint density at radius 1 is 0.967 bits per heavy atom. The Balaban J connectivity index is 2.42. The Bertz CT molecular complexity index is 931. The fourth-order valence-electron chi connectivity index (χ4n) is 2.09. The Labute approximate surface area is 168 Å². The van der Waals surface area contributed by atoms with E-state index in [1.54, 1.807) is 13.0 Å². The van der Waals surface area contributed by atoms with Crippen molar-refractivity contribution in [3.63, 3.8) is 0 Å². The SMILES string of the molecule is CCCOC(=O)C(C)NP(=O)(Oc1ccccc1)Oc1c(F)c(F)c(F)c(F)c1F. The summed E-state index contributed by atoms with van der Waals surface area (Å²) in [5.74, 6) is -14.6. The molecule has 2 atom stereocenters. The number of benzene rings is 2. The zero-order valence-electron chi connectivity index (χ0n) is 15.8. The van der Waals surface area contributed by atoms with Gasteiger partial charge in [0.05, 0.1) is 6.61 Å². The molecule has 0 aliphatic rings. The molecule has 12 heteroatoms. The van der Waals surface area contributed by atoms with Gasteiger partial charge in [0.15, 0.2) is 0 Å². The normalized spacial score (nSPS) is 14.0. The lowest BCUT2D eigenvalue weighted by atomic mass is 10.3. The van der Waals surface area contributed by atoms with Crippen molar-refractivity contribution in [2.75, 3.05) is 6.61 Å². The van der Waals surface area contributed by atoms with Crippen LogP contribution in [-0.2, 0) is 14.1 Å². The van der Waals surface area contributed by atoms with Crippen molar-refractivity contribution < 1.29 is 45.1 Å². The molecular formula is C18H17F5NO5P. The lowest BCUT2D eigenvalue weighted by molar-refractivity contribution is -0.145. The van der Waals surface area contributed by atoms with Crippen LogP contribution < -0.4 is 14.1 Å². The van der Waals surface area contributed by atoms with Gasteiger partial charge in [0.1, 0.15) is 11.8 Å². The van der Waals surface area contributed by atoms with E-state index in [9.17, 15) is 31.3 Å². The van der Waals surface area contributed by atoms with Crippen molar-refractivity contribution in [1.29, 1.82) is 0 Å². The molecule has 2 aromatic carbocycles. The summed E-state index contributed by atoms with van der Waals surface area (Å²) >= 11 is 0. The molecule has 30 heavy (non-hydrogen) atoms. The second-order valence-corrected chi connectivity index (χ2v) is 7.53. The Morgan fingerprint density at radius 2 is 1.50 bits per heavy atom. The van der Waals surface area contributed by atoms with Gasteiger partial charge in [-0.25, -0.2) is 17.7 Å². The molecular weight excluding hydrogens is 436 g/mol. The van der Waals surface area contributed by atoms with Gasteiger partial charge in [-0.1, -0.05) is 25.1 Å². The van der Waals surface area contributed by atoms with Crippen LogP contribution in [0.15, 0.2) is 30.3 Å². The molecule has 0 spiro atoms. The first-order valence-electron chi connectivity index (χ1n) is 8.59. The third kappa shape index (κ3) is 5.48. The third-order valence-electron chi connectivity index (χ3n) is 3.50. The molecule has 164 valence electrons. The van der Waals surface area contributed by atoms with Gasteiger partial charge >= 0.3 is 13.7 Å². The highest BCUT2D eigenvalue weighted by Gasteiger charge is 2.38. The highest BCUT2D eigenvalue weighted by Crippen LogP contribution is 2.47. The molecule has 1 N–H and O–H groups in total. The number of para-hydroxylation sites is 1. The maximum absolute atomic E-state index is 14.0. The van der Waals surface area contributed by atoms with Crippen molar-refractivity contribution in [3.05, 3.63) is 59.4 Å². The maximum atomic E-state index is 14.0. The molecule has 0 aliphatic heterocycles. The summed E-state index contributed by atoms with van der Waals surface area (Å²) < 4.78 is 95.9. The van der Waals surface area contributed by atoms with Crippen molar-refractivity contribution in [2.45, 2.75) is 26.3 Å². The summed E-state index contributed by atoms with van der Waals surface area (Å²) in [5, 5.41) is 2.07. The molecule has 0 saturated heterocycles. The zero-order chi connectivity index (χ0) is 22.5. The standard InChI is InChI=1S/C18H17F5NO5P/c1-3-9-27-18(25)10(2)24-30(26,28-11-7-5-4-6-8-11)29-17-15(22)13(20)12(19)14(21)16(17)23/h4-8,10H,3,9H2,1-2H3,(H,24,26). The van der Waals surface area contributed by atoms with E-state index in [0.29, 0.717) is 6.42 Å². The number of hydrogen-bond donors (Lipinski definition) is 1. The molecule has 2 rings (SSSR count). The van der Waals surface area contributed by atoms with Crippen LogP contribution in [0.25, 0.3) is 0 Å². The average molecular weight is 453 g/mol. The van der Waals surface area contributed by atoms with Crippen LogP contribution in [0.1, 0.15) is 20.3 Å². The van der Waals surface area contributed by atoms with Crippen LogP contribution in [0.3, 0.4) is 0 Å².